The molecule has 2 aliphatic rings. The molecule has 0 saturated carbocycles. The molecule has 1 atom stereocenters. The Kier molecular flexibility index (Phi) is 7.40. The molecule has 2 aromatic heterocycles. The average Bonchev–Trinajstić information content (AvgIpc) is 3.34. The van der Waals surface area contributed by atoms with Gasteiger partial charge < -0.3 is 10.2 Å². The van der Waals surface area contributed by atoms with Crippen molar-refractivity contribution in [3.05, 3.63) is 42.4 Å². The molecule has 0 aromatic carbocycles. The van der Waals surface area contributed by atoms with Crippen LogP contribution >= 0.6 is 24.8 Å². The van der Waals surface area contributed by atoms with Gasteiger partial charge >= 0.3 is 0 Å². The maximum absolute atomic E-state index is 12.8. The van der Waals surface area contributed by atoms with Crippen molar-refractivity contribution in [3.63, 3.8) is 0 Å². The number of amides is 1. The number of likely N-dealkylation sites (tertiary alicyclic amines) is 1. The van der Waals surface area contributed by atoms with Crippen molar-refractivity contribution in [2.24, 2.45) is 0 Å². The standard InChI is InChI=1S/C17H22N6O.2ClH/c24-17(15-3-1-4-16(20-15)23-9-2-6-19-23)22-10-5-14(13-22)21-11-7-18-8-12-21;;/h1-4,6,9,14,18H,5,7-8,10-13H2;2*1H. The minimum Gasteiger partial charge on any atom is -0.336 e. The van der Waals surface area contributed by atoms with Crippen LogP contribution in [0.15, 0.2) is 36.7 Å². The Morgan fingerprint density at radius 2 is 1.92 bits per heavy atom. The van der Waals surface area contributed by atoms with E-state index in [1.54, 1.807) is 16.9 Å². The lowest BCUT2D eigenvalue weighted by Crippen LogP contribution is -2.49. The Morgan fingerprint density at radius 1 is 1.12 bits per heavy atom. The minimum atomic E-state index is 0. The number of carbonyl (C=O) groups is 1. The number of nitrogens with zero attached hydrogens (tertiary/aromatic N) is 5. The fraction of sp³-hybridized carbons (Fsp3) is 0.471. The van der Waals surface area contributed by atoms with Crippen LogP contribution in [-0.4, -0.2) is 75.8 Å². The molecule has 0 spiro atoms. The number of hydrogen-bond acceptors (Lipinski definition) is 5. The number of pyridine rings is 1. The minimum absolute atomic E-state index is 0. The monoisotopic (exact) mass is 398 g/mol. The summed E-state index contributed by atoms with van der Waals surface area (Å²) in [5.74, 6) is 0.686. The quantitative estimate of drug-likeness (QED) is 0.841. The lowest BCUT2D eigenvalue weighted by Gasteiger charge is -2.32. The molecule has 2 aliphatic heterocycles. The van der Waals surface area contributed by atoms with E-state index in [1.165, 1.54) is 0 Å². The Bertz CT molecular complexity index is 705. The predicted molar refractivity (Wildman–Crippen MR) is 105 cm³/mol. The van der Waals surface area contributed by atoms with Gasteiger partial charge in [0.2, 0.25) is 0 Å². The molecule has 1 N–H and O–H groups in total. The lowest BCUT2D eigenvalue weighted by molar-refractivity contribution is 0.0767. The van der Waals surface area contributed by atoms with Crippen molar-refractivity contribution >= 4 is 30.7 Å². The number of hydrogen-bond donors (Lipinski definition) is 1. The third-order valence-electron chi connectivity index (χ3n) is 4.81. The second-order valence-electron chi connectivity index (χ2n) is 6.31. The SMILES string of the molecule is Cl.Cl.O=C(c1cccc(-n2cccn2)n1)N1CCC(N2CCNCC2)C1. The van der Waals surface area contributed by atoms with Gasteiger partial charge in [0.05, 0.1) is 0 Å². The van der Waals surface area contributed by atoms with Crippen LogP contribution in [0.4, 0.5) is 0 Å². The zero-order valence-corrected chi connectivity index (χ0v) is 16.1. The van der Waals surface area contributed by atoms with Crippen molar-refractivity contribution in [3.8, 4) is 5.82 Å². The molecule has 0 radical (unpaired) electrons. The molecule has 0 aliphatic carbocycles. The number of nitrogens with one attached hydrogen (secondary N) is 1. The fourth-order valence-corrected chi connectivity index (χ4v) is 3.51. The summed E-state index contributed by atoms with van der Waals surface area (Å²) < 4.78 is 1.67. The van der Waals surface area contributed by atoms with Crippen LogP contribution < -0.4 is 5.32 Å². The highest BCUT2D eigenvalue weighted by molar-refractivity contribution is 5.92. The summed E-state index contributed by atoms with van der Waals surface area (Å²) in [6.07, 6.45) is 4.58. The molecular weight excluding hydrogens is 375 g/mol. The van der Waals surface area contributed by atoms with E-state index in [1.807, 2.05) is 29.3 Å². The first kappa shape index (κ1) is 20.6. The first-order valence-corrected chi connectivity index (χ1v) is 8.52. The van der Waals surface area contributed by atoms with E-state index >= 15 is 0 Å². The van der Waals surface area contributed by atoms with Crippen LogP contribution in [0.5, 0.6) is 0 Å². The van der Waals surface area contributed by atoms with Crippen molar-refractivity contribution in [1.29, 1.82) is 0 Å². The summed E-state index contributed by atoms with van der Waals surface area (Å²) in [6.45, 7) is 5.82. The summed E-state index contributed by atoms with van der Waals surface area (Å²) in [4.78, 5) is 21.7. The number of piperazine rings is 1. The molecule has 142 valence electrons. The molecular formula is C17H24Cl2N6O. The van der Waals surface area contributed by atoms with Crippen molar-refractivity contribution in [1.82, 2.24) is 29.9 Å². The van der Waals surface area contributed by atoms with Gasteiger partial charge in [-0.15, -0.1) is 24.8 Å². The Morgan fingerprint density at radius 3 is 2.65 bits per heavy atom. The molecule has 1 unspecified atom stereocenters. The van der Waals surface area contributed by atoms with E-state index in [0.717, 1.165) is 45.7 Å². The molecule has 4 heterocycles. The third-order valence-corrected chi connectivity index (χ3v) is 4.81. The second kappa shape index (κ2) is 9.32. The summed E-state index contributed by atoms with van der Waals surface area (Å²) in [5, 5.41) is 7.55. The van der Waals surface area contributed by atoms with Crippen LogP contribution in [0.1, 0.15) is 16.9 Å². The molecule has 7 nitrogen and oxygen atoms in total. The number of carbonyl (C=O) groups excluding carboxylic acids is 1. The van der Waals surface area contributed by atoms with Gasteiger partial charge in [-0.2, -0.15) is 5.10 Å². The van der Waals surface area contributed by atoms with Crippen LogP contribution in [0, 0.1) is 0 Å². The zero-order chi connectivity index (χ0) is 16.4. The Labute approximate surface area is 165 Å². The predicted octanol–water partition coefficient (Wildman–Crippen LogP) is 1.23. The van der Waals surface area contributed by atoms with E-state index in [0.29, 0.717) is 17.6 Å². The molecule has 2 aromatic rings. The van der Waals surface area contributed by atoms with Gasteiger partial charge in [0.15, 0.2) is 5.82 Å². The second-order valence-corrected chi connectivity index (χ2v) is 6.31. The van der Waals surface area contributed by atoms with Gasteiger partial charge in [-0.3, -0.25) is 9.69 Å². The van der Waals surface area contributed by atoms with Crippen molar-refractivity contribution in [2.75, 3.05) is 39.3 Å². The van der Waals surface area contributed by atoms with Crippen molar-refractivity contribution in [2.45, 2.75) is 12.5 Å². The highest BCUT2D eigenvalue weighted by atomic mass is 35.5. The molecule has 2 saturated heterocycles. The number of aromatic nitrogens is 3. The van der Waals surface area contributed by atoms with E-state index < -0.39 is 0 Å². The lowest BCUT2D eigenvalue weighted by atomic mass is 10.2. The van der Waals surface area contributed by atoms with Gasteiger partial charge in [-0.25, -0.2) is 9.67 Å². The van der Waals surface area contributed by atoms with Crippen LogP contribution in [-0.2, 0) is 0 Å². The molecule has 9 heteroatoms. The highest BCUT2D eigenvalue weighted by Crippen LogP contribution is 2.18. The normalized spacial score (nSPS) is 20.3. The summed E-state index contributed by atoms with van der Waals surface area (Å²) >= 11 is 0. The van der Waals surface area contributed by atoms with Crippen molar-refractivity contribution < 1.29 is 4.79 Å². The van der Waals surface area contributed by atoms with Crippen LogP contribution in [0.25, 0.3) is 5.82 Å². The largest absolute Gasteiger partial charge is 0.336 e. The van der Waals surface area contributed by atoms with E-state index in [9.17, 15) is 4.79 Å². The van der Waals surface area contributed by atoms with Gasteiger partial charge in [0.25, 0.3) is 5.91 Å². The zero-order valence-electron chi connectivity index (χ0n) is 14.5. The highest BCUT2D eigenvalue weighted by Gasteiger charge is 2.31. The molecule has 0 bridgehead atoms. The summed E-state index contributed by atoms with van der Waals surface area (Å²) in [5.41, 5.74) is 0.490. The Hall–Kier alpha value is -1.67. The summed E-state index contributed by atoms with van der Waals surface area (Å²) in [7, 11) is 0. The number of rotatable bonds is 3. The Balaban J connectivity index is 0.00000121. The van der Waals surface area contributed by atoms with E-state index in [2.05, 4.69) is 20.3 Å². The first-order chi connectivity index (χ1) is 11.8. The van der Waals surface area contributed by atoms with Gasteiger partial charge in [0, 0.05) is 57.7 Å². The van der Waals surface area contributed by atoms with Crippen LogP contribution in [0.2, 0.25) is 0 Å². The molecule has 1 amide bonds. The van der Waals surface area contributed by atoms with Crippen LogP contribution in [0.3, 0.4) is 0 Å². The smallest absolute Gasteiger partial charge is 0.272 e. The summed E-state index contributed by atoms with van der Waals surface area (Å²) in [6, 6.07) is 7.82. The average molecular weight is 399 g/mol. The van der Waals surface area contributed by atoms with Gasteiger partial charge in [-0.05, 0) is 24.6 Å². The maximum Gasteiger partial charge on any atom is 0.272 e. The fourth-order valence-electron chi connectivity index (χ4n) is 3.51. The third kappa shape index (κ3) is 4.35. The van der Waals surface area contributed by atoms with Gasteiger partial charge in [-0.1, -0.05) is 6.07 Å². The van der Waals surface area contributed by atoms with E-state index in [4.69, 9.17) is 0 Å². The first-order valence-electron chi connectivity index (χ1n) is 8.52. The molecule has 4 rings (SSSR count). The van der Waals surface area contributed by atoms with Gasteiger partial charge in [0.1, 0.15) is 5.69 Å². The number of halogens is 2. The van der Waals surface area contributed by atoms with E-state index in [-0.39, 0.29) is 30.7 Å². The topological polar surface area (TPSA) is 66.3 Å². The maximum atomic E-state index is 12.8. The molecule has 26 heavy (non-hydrogen) atoms. The molecule has 2 fully saturated rings.